The van der Waals surface area contributed by atoms with Crippen molar-refractivity contribution in [3.8, 4) is 0 Å². The molecule has 2 unspecified atom stereocenters. The molecule has 2 rings (SSSR count). The Kier molecular flexibility index (Phi) is 4.64. The molecule has 17 heavy (non-hydrogen) atoms. The van der Waals surface area contributed by atoms with Crippen LogP contribution in [0.5, 0.6) is 0 Å². The fourth-order valence-corrected chi connectivity index (χ4v) is 4.11. The predicted octanol–water partition coefficient (Wildman–Crippen LogP) is 3.20. The van der Waals surface area contributed by atoms with Gasteiger partial charge < -0.3 is 5.43 Å². The zero-order chi connectivity index (χ0) is 12.3. The average Bonchev–Trinajstić information content (AvgIpc) is 2.32. The van der Waals surface area contributed by atoms with E-state index in [0.717, 1.165) is 15.4 Å². The molecule has 0 bridgehead atoms. The van der Waals surface area contributed by atoms with Crippen LogP contribution in [0.3, 0.4) is 0 Å². The second kappa shape index (κ2) is 6.02. The standard InChI is InChI=1S/C11H17BrN4S/c1-7-3-2-4-8(5-7)17-11-9(12)10(16-13)14-6-15-11/h6-8H,2-5,13H2,1H3,(H,14,15,16). The van der Waals surface area contributed by atoms with E-state index in [0.29, 0.717) is 11.1 Å². The van der Waals surface area contributed by atoms with Crippen molar-refractivity contribution in [2.24, 2.45) is 11.8 Å². The van der Waals surface area contributed by atoms with Gasteiger partial charge in [0.15, 0.2) is 5.82 Å². The van der Waals surface area contributed by atoms with Crippen molar-refractivity contribution in [2.45, 2.75) is 42.9 Å². The van der Waals surface area contributed by atoms with Crippen LogP contribution in [0.15, 0.2) is 15.8 Å². The SMILES string of the molecule is CC1CCCC(Sc2ncnc(NN)c2Br)C1. The summed E-state index contributed by atoms with van der Waals surface area (Å²) in [7, 11) is 0. The first-order chi connectivity index (χ1) is 8.20. The van der Waals surface area contributed by atoms with Crippen LogP contribution in [0.2, 0.25) is 0 Å². The van der Waals surface area contributed by atoms with Gasteiger partial charge in [-0.1, -0.05) is 19.8 Å². The monoisotopic (exact) mass is 316 g/mol. The van der Waals surface area contributed by atoms with Gasteiger partial charge in [0, 0.05) is 5.25 Å². The molecule has 0 aliphatic heterocycles. The molecule has 0 saturated heterocycles. The summed E-state index contributed by atoms with van der Waals surface area (Å²) in [6.45, 7) is 2.33. The van der Waals surface area contributed by atoms with Crippen molar-refractivity contribution < 1.29 is 0 Å². The number of nitrogen functional groups attached to an aromatic ring is 1. The largest absolute Gasteiger partial charge is 0.307 e. The first-order valence-electron chi connectivity index (χ1n) is 5.84. The molecule has 4 nitrogen and oxygen atoms in total. The van der Waals surface area contributed by atoms with Gasteiger partial charge >= 0.3 is 0 Å². The van der Waals surface area contributed by atoms with Crippen molar-refractivity contribution in [3.05, 3.63) is 10.8 Å². The van der Waals surface area contributed by atoms with E-state index in [9.17, 15) is 0 Å². The number of anilines is 1. The van der Waals surface area contributed by atoms with Crippen LogP contribution >= 0.6 is 27.7 Å². The fourth-order valence-electron chi connectivity index (χ4n) is 2.18. The van der Waals surface area contributed by atoms with E-state index in [1.807, 2.05) is 11.8 Å². The van der Waals surface area contributed by atoms with Gasteiger partial charge in [0.05, 0.1) is 4.47 Å². The zero-order valence-electron chi connectivity index (χ0n) is 9.82. The molecule has 1 saturated carbocycles. The van der Waals surface area contributed by atoms with Gasteiger partial charge in [-0.15, -0.1) is 11.8 Å². The van der Waals surface area contributed by atoms with Crippen LogP contribution in [0.1, 0.15) is 32.6 Å². The zero-order valence-corrected chi connectivity index (χ0v) is 12.2. The van der Waals surface area contributed by atoms with E-state index >= 15 is 0 Å². The Labute approximate surface area is 114 Å². The second-order valence-corrected chi connectivity index (χ2v) is 6.58. The highest BCUT2D eigenvalue weighted by atomic mass is 79.9. The Bertz CT molecular complexity index is 388. The third-order valence-electron chi connectivity index (χ3n) is 3.06. The van der Waals surface area contributed by atoms with Gasteiger partial charge in [-0.2, -0.15) is 0 Å². The Balaban J connectivity index is 2.07. The lowest BCUT2D eigenvalue weighted by atomic mass is 9.91. The van der Waals surface area contributed by atoms with E-state index in [1.165, 1.54) is 25.7 Å². The van der Waals surface area contributed by atoms with Crippen LogP contribution in [0, 0.1) is 5.92 Å². The summed E-state index contributed by atoms with van der Waals surface area (Å²) < 4.78 is 0.866. The smallest absolute Gasteiger partial charge is 0.158 e. The van der Waals surface area contributed by atoms with E-state index < -0.39 is 0 Å². The topological polar surface area (TPSA) is 63.8 Å². The highest BCUT2D eigenvalue weighted by molar-refractivity contribution is 9.10. The number of rotatable bonds is 3. The van der Waals surface area contributed by atoms with Gasteiger partial charge in [-0.25, -0.2) is 15.8 Å². The van der Waals surface area contributed by atoms with Gasteiger partial charge in [0.1, 0.15) is 11.4 Å². The summed E-state index contributed by atoms with van der Waals surface area (Å²) in [5.74, 6) is 6.87. The molecule has 1 aliphatic rings. The molecule has 0 radical (unpaired) electrons. The molecular formula is C11H17BrN4S. The lowest BCUT2D eigenvalue weighted by Gasteiger charge is -2.26. The van der Waals surface area contributed by atoms with Crippen molar-refractivity contribution in [3.63, 3.8) is 0 Å². The Morgan fingerprint density at radius 2 is 2.29 bits per heavy atom. The summed E-state index contributed by atoms with van der Waals surface area (Å²) in [6.07, 6.45) is 6.78. The van der Waals surface area contributed by atoms with E-state index in [2.05, 4.69) is 38.2 Å². The molecule has 1 fully saturated rings. The maximum atomic E-state index is 5.40. The molecule has 1 aromatic heterocycles. The number of halogens is 1. The predicted molar refractivity (Wildman–Crippen MR) is 74.8 cm³/mol. The summed E-state index contributed by atoms with van der Waals surface area (Å²) in [5, 5.41) is 1.64. The second-order valence-electron chi connectivity index (χ2n) is 4.50. The van der Waals surface area contributed by atoms with Gasteiger partial charge in [0.2, 0.25) is 0 Å². The molecule has 0 spiro atoms. The van der Waals surface area contributed by atoms with Crippen molar-refractivity contribution in [1.29, 1.82) is 0 Å². The number of hydrogen-bond donors (Lipinski definition) is 2. The van der Waals surface area contributed by atoms with E-state index in [1.54, 1.807) is 6.33 Å². The number of aromatic nitrogens is 2. The first-order valence-corrected chi connectivity index (χ1v) is 7.51. The summed E-state index contributed by atoms with van der Waals surface area (Å²) >= 11 is 5.33. The lowest BCUT2D eigenvalue weighted by Crippen LogP contribution is -2.15. The number of thioether (sulfide) groups is 1. The summed E-state index contributed by atoms with van der Waals surface area (Å²) in [5.41, 5.74) is 2.57. The van der Waals surface area contributed by atoms with Crippen LogP contribution in [0.4, 0.5) is 5.82 Å². The maximum absolute atomic E-state index is 5.40. The maximum Gasteiger partial charge on any atom is 0.158 e. The van der Waals surface area contributed by atoms with Crippen molar-refractivity contribution >= 4 is 33.5 Å². The molecule has 6 heteroatoms. The molecule has 0 amide bonds. The molecular weight excluding hydrogens is 300 g/mol. The Morgan fingerprint density at radius 3 is 3.00 bits per heavy atom. The first kappa shape index (κ1) is 13.1. The molecule has 94 valence electrons. The number of nitrogens with one attached hydrogen (secondary N) is 1. The normalized spacial score (nSPS) is 24.6. The van der Waals surface area contributed by atoms with E-state index in [-0.39, 0.29) is 0 Å². The Morgan fingerprint density at radius 1 is 1.47 bits per heavy atom. The van der Waals surface area contributed by atoms with Crippen LogP contribution in [0.25, 0.3) is 0 Å². The van der Waals surface area contributed by atoms with Crippen molar-refractivity contribution in [1.82, 2.24) is 9.97 Å². The average molecular weight is 317 g/mol. The minimum absolute atomic E-state index is 0.645. The molecule has 1 aromatic rings. The number of hydrazine groups is 1. The third-order valence-corrected chi connectivity index (χ3v) is 5.37. The number of nitrogens with two attached hydrogens (primary N) is 1. The van der Waals surface area contributed by atoms with Gasteiger partial charge in [0.25, 0.3) is 0 Å². The molecule has 2 atom stereocenters. The van der Waals surface area contributed by atoms with Gasteiger partial charge in [-0.05, 0) is 34.7 Å². The highest BCUT2D eigenvalue weighted by Gasteiger charge is 2.21. The van der Waals surface area contributed by atoms with Crippen molar-refractivity contribution in [2.75, 3.05) is 5.43 Å². The quantitative estimate of drug-likeness (QED) is 0.509. The highest BCUT2D eigenvalue weighted by Crippen LogP contribution is 2.39. The molecule has 1 aliphatic carbocycles. The van der Waals surface area contributed by atoms with Crippen LogP contribution in [-0.2, 0) is 0 Å². The summed E-state index contributed by atoms with van der Waals surface area (Å²) in [4.78, 5) is 8.37. The molecule has 1 heterocycles. The Hall–Kier alpha value is -0.330. The minimum Gasteiger partial charge on any atom is -0.307 e. The van der Waals surface area contributed by atoms with Crippen LogP contribution < -0.4 is 11.3 Å². The molecule has 3 N–H and O–H groups in total. The lowest BCUT2D eigenvalue weighted by molar-refractivity contribution is 0.394. The third kappa shape index (κ3) is 3.33. The number of nitrogens with zero attached hydrogens (tertiary/aromatic N) is 2. The summed E-state index contributed by atoms with van der Waals surface area (Å²) in [6, 6.07) is 0. The van der Waals surface area contributed by atoms with Gasteiger partial charge in [-0.3, -0.25) is 0 Å². The fraction of sp³-hybridized carbons (Fsp3) is 0.636. The molecule has 0 aromatic carbocycles. The van der Waals surface area contributed by atoms with Crippen LogP contribution in [-0.4, -0.2) is 15.2 Å². The minimum atomic E-state index is 0.645. The van der Waals surface area contributed by atoms with E-state index in [4.69, 9.17) is 5.84 Å². The number of hydrogen-bond acceptors (Lipinski definition) is 5.